The van der Waals surface area contributed by atoms with Gasteiger partial charge in [-0.1, -0.05) is 12.1 Å². The van der Waals surface area contributed by atoms with Crippen molar-refractivity contribution in [2.75, 3.05) is 6.54 Å². The van der Waals surface area contributed by atoms with Gasteiger partial charge < -0.3 is 9.47 Å². The Morgan fingerprint density at radius 1 is 1.24 bits per heavy atom. The van der Waals surface area contributed by atoms with E-state index >= 15 is 0 Å². The van der Waals surface area contributed by atoms with Crippen LogP contribution in [0.3, 0.4) is 0 Å². The van der Waals surface area contributed by atoms with E-state index in [1.165, 1.54) is 0 Å². The smallest absolute Gasteiger partial charge is 0.224 e. The number of nitrogens with zero attached hydrogens (tertiary/aromatic N) is 5. The van der Waals surface area contributed by atoms with Crippen LogP contribution in [0.5, 0.6) is 0 Å². The highest BCUT2D eigenvalue weighted by Gasteiger charge is 2.30. The summed E-state index contributed by atoms with van der Waals surface area (Å²) in [6.07, 6.45) is 6.05. The van der Waals surface area contributed by atoms with Crippen molar-refractivity contribution in [3.8, 4) is 0 Å². The van der Waals surface area contributed by atoms with Crippen LogP contribution in [0.1, 0.15) is 36.8 Å². The van der Waals surface area contributed by atoms with Gasteiger partial charge in [0, 0.05) is 25.7 Å². The van der Waals surface area contributed by atoms with E-state index in [4.69, 9.17) is 0 Å². The second kappa shape index (κ2) is 6.63. The third-order valence-corrected chi connectivity index (χ3v) is 4.81. The van der Waals surface area contributed by atoms with Gasteiger partial charge in [0.2, 0.25) is 5.91 Å². The molecule has 2 aromatic heterocycles. The molecule has 0 aliphatic carbocycles. The summed E-state index contributed by atoms with van der Waals surface area (Å²) >= 11 is 0. The van der Waals surface area contributed by atoms with Crippen LogP contribution in [-0.4, -0.2) is 36.9 Å². The van der Waals surface area contributed by atoms with Crippen molar-refractivity contribution in [2.24, 2.45) is 0 Å². The molecule has 6 heteroatoms. The summed E-state index contributed by atoms with van der Waals surface area (Å²) in [6, 6.07) is 10.00. The minimum absolute atomic E-state index is 0.0775. The molecule has 1 saturated heterocycles. The number of carbonyl (C=O) groups is 1. The molecule has 0 bridgehead atoms. The molecule has 3 aromatic rings. The standard InChI is InChI=1S/C19H21N5O/c1-14-20-10-8-16(22-14)18-7-4-11-24(18)19(25)9-12-23-13-21-15-5-2-3-6-17(15)23/h2-3,5-6,8,10,13,18H,4,7,9,11-12H2,1H3/t18-/m0/s1. The van der Waals surface area contributed by atoms with Crippen molar-refractivity contribution >= 4 is 16.9 Å². The molecule has 0 saturated carbocycles. The van der Waals surface area contributed by atoms with Gasteiger partial charge in [0.1, 0.15) is 5.82 Å². The van der Waals surface area contributed by atoms with E-state index in [0.717, 1.165) is 41.9 Å². The van der Waals surface area contributed by atoms with Crippen molar-refractivity contribution in [1.82, 2.24) is 24.4 Å². The Kier molecular flexibility index (Phi) is 4.17. The Morgan fingerprint density at radius 2 is 2.12 bits per heavy atom. The van der Waals surface area contributed by atoms with Crippen LogP contribution in [0, 0.1) is 6.92 Å². The number of aryl methyl sites for hydroxylation is 2. The number of likely N-dealkylation sites (tertiary alicyclic amines) is 1. The van der Waals surface area contributed by atoms with Gasteiger partial charge in [-0.2, -0.15) is 0 Å². The zero-order chi connectivity index (χ0) is 17.2. The van der Waals surface area contributed by atoms with Gasteiger partial charge in [-0.15, -0.1) is 0 Å². The predicted octanol–water partition coefficient (Wildman–Crippen LogP) is 2.89. The van der Waals surface area contributed by atoms with Gasteiger partial charge in [-0.05, 0) is 38.0 Å². The lowest BCUT2D eigenvalue weighted by Crippen LogP contribution is -2.31. The zero-order valence-electron chi connectivity index (χ0n) is 14.3. The van der Waals surface area contributed by atoms with Crippen LogP contribution < -0.4 is 0 Å². The molecule has 0 spiro atoms. The number of aromatic nitrogens is 4. The molecule has 1 atom stereocenters. The van der Waals surface area contributed by atoms with E-state index in [0.29, 0.717) is 13.0 Å². The minimum Gasteiger partial charge on any atom is -0.334 e. The number of hydrogen-bond donors (Lipinski definition) is 0. The maximum atomic E-state index is 12.8. The molecular formula is C19H21N5O. The molecule has 1 aliphatic rings. The molecule has 0 unspecified atom stereocenters. The van der Waals surface area contributed by atoms with E-state index in [9.17, 15) is 4.79 Å². The lowest BCUT2D eigenvalue weighted by molar-refractivity contribution is -0.132. The maximum Gasteiger partial charge on any atom is 0.224 e. The quantitative estimate of drug-likeness (QED) is 0.735. The monoisotopic (exact) mass is 335 g/mol. The fraction of sp³-hybridized carbons (Fsp3) is 0.368. The van der Waals surface area contributed by atoms with E-state index in [2.05, 4.69) is 15.0 Å². The second-order valence-electron chi connectivity index (χ2n) is 6.45. The number of benzene rings is 1. The SMILES string of the molecule is Cc1nccc([C@@H]2CCCN2C(=O)CCn2cnc3ccccc32)n1. The maximum absolute atomic E-state index is 12.8. The van der Waals surface area contributed by atoms with Crippen molar-refractivity contribution in [3.05, 3.63) is 54.4 Å². The number of hydrogen-bond acceptors (Lipinski definition) is 4. The first-order valence-corrected chi connectivity index (χ1v) is 8.71. The third kappa shape index (κ3) is 3.12. The number of imidazole rings is 1. The summed E-state index contributed by atoms with van der Waals surface area (Å²) in [5, 5.41) is 0. The van der Waals surface area contributed by atoms with Crippen LogP contribution in [0.25, 0.3) is 11.0 Å². The number of amides is 1. The van der Waals surface area contributed by atoms with Crippen molar-refractivity contribution in [1.29, 1.82) is 0 Å². The molecular weight excluding hydrogens is 314 g/mol. The molecule has 0 radical (unpaired) electrons. The fourth-order valence-corrected chi connectivity index (χ4v) is 3.58. The highest BCUT2D eigenvalue weighted by molar-refractivity contribution is 5.78. The Labute approximate surface area is 146 Å². The van der Waals surface area contributed by atoms with Crippen LogP contribution in [0.2, 0.25) is 0 Å². The Balaban J connectivity index is 1.47. The number of rotatable bonds is 4. The molecule has 1 aliphatic heterocycles. The van der Waals surface area contributed by atoms with Gasteiger partial charge >= 0.3 is 0 Å². The molecule has 25 heavy (non-hydrogen) atoms. The van der Waals surface area contributed by atoms with E-state index in [1.807, 2.05) is 53.0 Å². The molecule has 1 aromatic carbocycles. The molecule has 0 N–H and O–H groups in total. The average molecular weight is 335 g/mol. The van der Waals surface area contributed by atoms with Crippen LogP contribution in [0.15, 0.2) is 42.9 Å². The van der Waals surface area contributed by atoms with Crippen LogP contribution in [0.4, 0.5) is 0 Å². The summed E-state index contributed by atoms with van der Waals surface area (Å²) < 4.78 is 2.05. The Morgan fingerprint density at radius 3 is 3.00 bits per heavy atom. The molecule has 1 amide bonds. The highest BCUT2D eigenvalue weighted by Crippen LogP contribution is 2.31. The largest absolute Gasteiger partial charge is 0.334 e. The fourth-order valence-electron chi connectivity index (χ4n) is 3.58. The van der Waals surface area contributed by atoms with E-state index < -0.39 is 0 Å². The molecule has 4 rings (SSSR count). The minimum atomic E-state index is 0.0775. The van der Waals surface area contributed by atoms with Crippen molar-refractivity contribution in [3.63, 3.8) is 0 Å². The normalized spacial score (nSPS) is 17.3. The van der Waals surface area contributed by atoms with Gasteiger partial charge in [0.05, 0.1) is 29.1 Å². The van der Waals surface area contributed by atoms with Crippen molar-refractivity contribution < 1.29 is 4.79 Å². The van der Waals surface area contributed by atoms with Crippen molar-refractivity contribution in [2.45, 2.75) is 38.8 Å². The van der Waals surface area contributed by atoms with Gasteiger partial charge in [-0.3, -0.25) is 4.79 Å². The summed E-state index contributed by atoms with van der Waals surface area (Å²) in [4.78, 5) is 27.8. The van der Waals surface area contributed by atoms with Gasteiger partial charge in [0.15, 0.2) is 0 Å². The summed E-state index contributed by atoms with van der Waals surface area (Å²) in [5.41, 5.74) is 2.98. The average Bonchev–Trinajstić information content (AvgIpc) is 3.27. The Bertz CT molecular complexity index is 903. The van der Waals surface area contributed by atoms with Gasteiger partial charge in [-0.25, -0.2) is 15.0 Å². The highest BCUT2D eigenvalue weighted by atomic mass is 16.2. The first kappa shape index (κ1) is 15.7. The van der Waals surface area contributed by atoms with Crippen LogP contribution in [-0.2, 0) is 11.3 Å². The van der Waals surface area contributed by atoms with E-state index in [-0.39, 0.29) is 11.9 Å². The lowest BCUT2D eigenvalue weighted by Gasteiger charge is -2.24. The summed E-state index contributed by atoms with van der Waals surface area (Å²) in [7, 11) is 0. The second-order valence-corrected chi connectivity index (χ2v) is 6.45. The van der Waals surface area contributed by atoms with Crippen LogP contribution >= 0.6 is 0 Å². The molecule has 3 heterocycles. The lowest BCUT2D eigenvalue weighted by atomic mass is 10.1. The zero-order valence-corrected chi connectivity index (χ0v) is 14.3. The molecule has 1 fully saturated rings. The predicted molar refractivity (Wildman–Crippen MR) is 94.8 cm³/mol. The van der Waals surface area contributed by atoms with Gasteiger partial charge in [0.25, 0.3) is 0 Å². The summed E-state index contributed by atoms with van der Waals surface area (Å²) in [6.45, 7) is 3.33. The number of para-hydroxylation sites is 2. The number of fused-ring (bicyclic) bond motifs is 1. The third-order valence-electron chi connectivity index (χ3n) is 4.81. The summed E-state index contributed by atoms with van der Waals surface area (Å²) in [5.74, 6) is 0.929. The Hall–Kier alpha value is -2.76. The topological polar surface area (TPSA) is 63.9 Å². The first-order valence-electron chi connectivity index (χ1n) is 8.71. The molecule has 128 valence electrons. The molecule has 6 nitrogen and oxygen atoms in total. The van der Waals surface area contributed by atoms with E-state index in [1.54, 1.807) is 6.20 Å². The first-order chi connectivity index (χ1) is 12.2. The number of carbonyl (C=O) groups excluding carboxylic acids is 1.